The van der Waals surface area contributed by atoms with Gasteiger partial charge in [-0.15, -0.1) is 4.91 Å². The molecule has 2 heterocycles. The largest absolute Gasteiger partial charge is 0.496 e. The molecule has 1 aromatic carbocycles. The van der Waals surface area contributed by atoms with Gasteiger partial charge in [-0.25, -0.2) is 4.98 Å². The zero-order chi connectivity index (χ0) is 16.6. The number of aromatic nitrogens is 2. The summed E-state index contributed by atoms with van der Waals surface area (Å²) in [6.07, 6.45) is 1.80. The lowest BCUT2D eigenvalue weighted by molar-refractivity contribution is 0.416. The topological polar surface area (TPSA) is 56.0 Å². The Morgan fingerprint density at radius 2 is 2.04 bits per heavy atom. The molecule has 5 heteroatoms. The molecule has 0 unspecified atom stereocenters. The number of benzene rings is 1. The first-order chi connectivity index (χ1) is 11.1. The van der Waals surface area contributed by atoms with E-state index < -0.39 is 0 Å². The summed E-state index contributed by atoms with van der Waals surface area (Å²) < 4.78 is 7.19. The van der Waals surface area contributed by atoms with Gasteiger partial charge in [0.05, 0.1) is 7.11 Å². The summed E-state index contributed by atoms with van der Waals surface area (Å²) in [4.78, 5) is 16.1. The van der Waals surface area contributed by atoms with Crippen LogP contribution in [0.2, 0.25) is 0 Å². The van der Waals surface area contributed by atoms with Crippen LogP contribution in [0, 0.1) is 11.8 Å². The summed E-state index contributed by atoms with van der Waals surface area (Å²) >= 11 is 0. The minimum absolute atomic E-state index is 0.294. The van der Waals surface area contributed by atoms with E-state index in [0.717, 1.165) is 22.3 Å². The molecule has 23 heavy (non-hydrogen) atoms. The summed E-state index contributed by atoms with van der Waals surface area (Å²) in [7, 11) is 1.61. The zero-order valence-corrected chi connectivity index (χ0v) is 13.7. The average Bonchev–Trinajstić information content (AvgIpc) is 2.94. The van der Waals surface area contributed by atoms with E-state index >= 15 is 0 Å². The standard InChI is InChI=1S/C18H19N3O2/c1-11(2)13-7-8-15(23-4)14(10-13)16-18(20-22)21-9-5-6-12(3)17(21)19-16/h5-11H,1-4H3. The lowest BCUT2D eigenvalue weighted by Crippen LogP contribution is -1.93. The van der Waals surface area contributed by atoms with Crippen molar-refractivity contribution in [2.45, 2.75) is 26.7 Å². The molecule has 0 fully saturated rings. The summed E-state index contributed by atoms with van der Waals surface area (Å²) in [6.45, 7) is 6.21. The lowest BCUT2D eigenvalue weighted by Gasteiger charge is -2.11. The number of aryl methyl sites for hydroxylation is 1. The third-order valence-corrected chi connectivity index (χ3v) is 4.05. The van der Waals surface area contributed by atoms with Crippen LogP contribution in [0.5, 0.6) is 5.75 Å². The highest BCUT2D eigenvalue weighted by Crippen LogP contribution is 2.38. The summed E-state index contributed by atoms with van der Waals surface area (Å²) in [6, 6.07) is 9.81. The van der Waals surface area contributed by atoms with Crippen LogP contribution in [-0.4, -0.2) is 16.5 Å². The van der Waals surface area contributed by atoms with Gasteiger partial charge >= 0.3 is 0 Å². The number of hydrogen-bond acceptors (Lipinski definition) is 4. The van der Waals surface area contributed by atoms with Crippen LogP contribution in [0.4, 0.5) is 5.82 Å². The second-order valence-electron chi connectivity index (χ2n) is 5.87. The second-order valence-corrected chi connectivity index (χ2v) is 5.87. The van der Waals surface area contributed by atoms with Crippen molar-refractivity contribution in [3.63, 3.8) is 0 Å². The van der Waals surface area contributed by atoms with Crippen LogP contribution in [0.15, 0.2) is 41.7 Å². The van der Waals surface area contributed by atoms with E-state index in [0.29, 0.717) is 23.2 Å². The molecule has 0 saturated heterocycles. The Bertz CT molecular complexity index is 881. The Morgan fingerprint density at radius 3 is 2.70 bits per heavy atom. The van der Waals surface area contributed by atoms with E-state index in [1.54, 1.807) is 17.7 Å². The van der Waals surface area contributed by atoms with Crippen molar-refractivity contribution in [2.75, 3.05) is 7.11 Å². The van der Waals surface area contributed by atoms with Gasteiger partial charge in [0.1, 0.15) is 17.1 Å². The molecular formula is C18H19N3O2. The van der Waals surface area contributed by atoms with Crippen molar-refractivity contribution in [3.8, 4) is 17.0 Å². The summed E-state index contributed by atoms with van der Waals surface area (Å²) in [5, 5.41) is 3.22. The molecule has 0 aliphatic carbocycles. The SMILES string of the molecule is COc1ccc(C(C)C)cc1-c1nc2c(C)cccn2c1N=O. The number of fused-ring (bicyclic) bond motifs is 1. The molecule has 5 nitrogen and oxygen atoms in total. The molecule has 0 radical (unpaired) electrons. The number of ether oxygens (including phenoxy) is 1. The van der Waals surface area contributed by atoms with Crippen molar-refractivity contribution in [3.05, 3.63) is 52.6 Å². The molecule has 0 N–H and O–H groups in total. The van der Waals surface area contributed by atoms with Crippen LogP contribution >= 0.6 is 0 Å². The third kappa shape index (κ3) is 2.48. The number of pyridine rings is 1. The minimum atomic E-state index is 0.294. The lowest BCUT2D eigenvalue weighted by atomic mass is 9.99. The maximum Gasteiger partial charge on any atom is 0.209 e. The van der Waals surface area contributed by atoms with Crippen LogP contribution in [-0.2, 0) is 0 Å². The number of methoxy groups -OCH3 is 1. The van der Waals surface area contributed by atoms with Gasteiger partial charge < -0.3 is 4.74 Å². The van der Waals surface area contributed by atoms with Crippen molar-refractivity contribution in [1.82, 2.24) is 9.38 Å². The van der Waals surface area contributed by atoms with Crippen molar-refractivity contribution >= 4 is 11.5 Å². The maximum absolute atomic E-state index is 11.5. The Hall–Kier alpha value is -2.69. The van der Waals surface area contributed by atoms with E-state index in [-0.39, 0.29) is 0 Å². The molecule has 0 saturated carbocycles. The van der Waals surface area contributed by atoms with Crippen LogP contribution in [0.3, 0.4) is 0 Å². The second kappa shape index (κ2) is 5.83. The molecule has 0 bridgehead atoms. The fourth-order valence-electron chi connectivity index (χ4n) is 2.73. The molecule has 0 aliphatic rings. The van der Waals surface area contributed by atoms with Gasteiger partial charge in [0.2, 0.25) is 5.82 Å². The quantitative estimate of drug-likeness (QED) is 0.648. The number of imidazole rings is 1. The highest BCUT2D eigenvalue weighted by molar-refractivity contribution is 5.79. The first kappa shape index (κ1) is 15.2. The monoisotopic (exact) mass is 309 g/mol. The molecule has 0 atom stereocenters. The van der Waals surface area contributed by atoms with Gasteiger partial charge in [-0.1, -0.05) is 26.0 Å². The molecule has 0 amide bonds. The summed E-state index contributed by atoms with van der Waals surface area (Å²) in [5.74, 6) is 1.34. The minimum Gasteiger partial charge on any atom is -0.496 e. The van der Waals surface area contributed by atoms with Gasteiger partial charge in [0.15, 0.2) is 0 Å². The molecule has 3 rings (SSSR count). The fraction of sp³-hybridized carbons (Fsp3) is 0.278. The van der Waals surface area contributed by atoms with Crippen molar-refractivity contribution < 1.29 is 4.74 Å². The predicted octanol–water partition coefficient (Wildman–Crippen LogP) is 4.84. The maximum atomic E-state index is 11.5. The van der Waals surface area contributed by atoms with Gasteiger partial charge in [0, 0.05) is 11.8 Å². The molecule has 0 aliphatic heterocycles. The van der Waals surface area contributed by atoms with E-state index in [1.807, 2.05) is 37.3 Å². The number of nitroso groups, excluding NO2 is 1. The smallest absolute Gasteiger partial charge is 0.209 e. The van der Waals surface area contributed by atoms with Gasteiger partial charge in [-0.3, -0.25) is 4.40 Å². The Labute approximate surface area is 134 Å². The fourth-order valence-corrected chi connectivity index (χ4v) is 2.73. The van der Waals surface area contributed by atoms with E-state index in [9.17, 15) is 4.91 Å². The Balaban J connectivity index is 2.34. The highest BCUT2D eigenvalue weighted by Gasteiger charge is 2.20. The van der Waals surface area contributed by atoms with Crippen LogP contribution < -0.4 is 4.74 Å². The third-order valence-electron chi connectivity index (χ3n) is 4.05. The van der Waals surface area contributed by atoms with E-state index in [2.05, 4.69) is 24.0 Å². The first-order valence-electron chi connectivity index (χ1n) is 7.56. The average molecular weight is 309 g/mol. The zero-order valence-electron chi connectivity index (χ0n) is 13.7. The molecule has 2 aromatic heterocycles. The van der Waals surface area contributed by atoms with Gasteiger partial charge in [0.25, 0.3) is 0 Å². The van der Waals surface area contributed by atoms with Crippen LogP contribution in [0.1, 0.15) is 30.9 Å². The van der Waals surface area contributed by atoms with Gasteiger partial charge in [-0.05, 0) is 47.3 Å². The van der Waals surface area contributed by atoms with Crippen molar-refractivity contribution in [1.29, 1.82) is 0 Å². The normalized spacial score (nSPS) is 11.2. The van der Waals surface area contributed by atoms with E-state index in [1.165, 1.54) is 0 Å². The molecule has 0 spiro atoms. The molecular weight excluding hydrogens is 290 g/mol. The molecule has 3 aromatic rings. The Kier molecular flexibility index (Phi) is 3.86. The first-order valence-corrected chi connectivity index (χ1v) is 7.56. The van der Waals surface area contributed by atoms with E-state index in [4.69, 9.17) is 4.74 Å². The summed E-state index contributed by atoms with van der Waals surface area (Å²) in [5.41, 5.74) is 4.22. The van der Waals surface area contributed by atoms with Crippen molar-refractivity contribution in [2.24, 2.45) is 5.18 Å². The number of hydrogen-bond donors (Lipinski definition) is 0. The number of nitrogens with zero attached hydrogens (tertiary/aromatic N) is 3. The molecule has 118 valence electrons. The Morgan fingerprint density at radius 1 is 1.26 bits per heavy atom. The predicted molar refractivity (Wildman–Crippen MR) is 91.5 cm³/mol. The van der Waals surface area contributed by atoms with Crippen LogP contribution in [0.25, 0.3) is 16.9 Å². The number of rotatable bonds is 4. The van der Waals surface area contributed by atoms with Gasteiger partial charge in [-0.2, -0.15) is 0 Å². The highest BCUT2D eigenvalue weighted by atomic mass is 16.5.